The Morgan fingerprint density at radius 1 is 1.08 bits per heavy atom. The fourth-order valence-corrected chi connectivity index (χ4v) is 2.86. The summed E-state index contributed by atoms with van der Waals surface area (Å²) in [6.45, 7) is 13.0. The van der Waals surface area contributed by atoms with Crippen molar-refractivity contribution in [1.82, 2.24) is 10.2 Å². The maximum Gasteiger partial charge on any atom is 0.319 e. The molecule has 24 heavy (non-hydrogen) atoms. The summed E-state index contributed by atoms with van der Waals surface area (Å²) in [6, 6.07) is 7.44. The van der Waals surface area contributed by atoms with Crippen molar-refractivity contribution >= 4 is 17.6 Å². The van der Waals surface area contributed by atoms with Gasteiger partial charge in [0.1, 0.15) is 0 Å². The largest absolute Gasteiger partial charge is 0.336 e. The first-order valence-electron chi connectivity index (χ1n) is 8.45. The van der Waals surface area contributed by atoms with Crippen LogP contribution in [0.1, 0.15) is 53.5 Å². The second kappa shape index (κ2) is 6.46. The van der Waals surface area contributed by atoms with E-state index in [1.54, 1.807) is 0 Å². The van der Waals surface area contributed by atoms with Crippen LogP contribution in [0.5, 0.6) is 0 Å². The monoisotopic (exact) mass is 331 g/mol. The van der Waals surface area contributed by atoms with Crippen molar-refractivity contribution in [3.05, 3.63) is 29.8 Å². The van der Waals surface area contributed by atoms with E-state index in [9.17, 15) is 9.59 Å². The highest BCUT2D eigenvalue weighted by Gasteiger charge is 2.36. The van der Waals surface area contributed by atoms with E-state index in [0.29, 0.717) is 13.0 Å². The highest BCUT2D eigenvalue weighted by Crippen LogP contribution is 2.24. The molecule has 2 rings (SSSR count). The van der Waals surface area contributed by atoms with E-state index in [1.807, 2.05) is 49.9 Å². The number of carbonyl (C=O) groups is 2. The third kappa shape index (κ3) is 4.49. The van der Waals surface area contributed by atoms with Crippen LogP contribution in [0.15, 0.2) is 24.3 Å². The predicted molar refractivity (Wildman–Crippen MR) is 97.2 cm³/mol. The van der Waals surface area contributed by atoms with E-state index >= 15 is 0 Å². The van der Waals surface area contributed by atoms with Crippen molar-refractivity contribution in [2.75, 3.05) is 11.9 Å². The lowest BCUT2D eigenvalue weighted by Gasteiger charge is -2.32. The summed E-state index contributed by atoms with van der Waals surface area (Å²) in [6.07, 6.45) is 0.355. The molecule has 2 N–H and O–H groups in total. The van der Waals surface area contributed by atoms with Gasteiger partial charge in [0.25, 0.3) is 0 Å². The topological polar surface area (TPSA) is 61.4 Å². The average Bonchev–Trinajstić information content (AvgIpc) is 2.79. The van der Waals surface area contributed by atoms with Crippen LogP contribution in [0.4, 0.5) is 10.5 Å². The first kappa shape index (κ1) is 18.3. The van der Waals surface area contributed by atoms with Crippen molar-refractivity contribution in [3.63, 3.8) is 0 Å². The number of benzene rings is 1. The number of rotatable bonds is 2. The molecule has 1 aromatic carbocycles. The van der Waals surface area contributed by atoms with Gasteiger partial charge in [0.15, 0.2) is 0 Å². The number of anilines is 1. The summed E-state index contributed by atoms with van der Waals surface area (Å²) in [5, 5.41) is 5.73. The first-order valence-corrected chi connectivity index (χ1v) is 8.45. The van der Waals surface area contributed by atoms with Gasteiger partial charge in [-0.05, 0) is 43.9 Å². The van der Waals surface area contributed by atoms with Crippen LogP contribution < -0.4 is 10.6 Å². The molecule has 3 amide bonds. The SMILES string of the molecule is CC(C)(C)c1ccc(NC(=O)NC2CC(=O)N(C(C)(C)C)C2)cc1. The lowest BCUT2D eigenvalue weighted by Crippen LogP contribution is -2.45. The molecule has 1 aromatic rings. The number of nitrogens with one attached hydrogen (secondary N) is 2. The molecule has 1 atom stereocenters. The molecule has 1 aliphatic heterocycles. The maximum atomic E-state index is 12.2. The van der Waals surface area contributed by atoms with Gasteiger partial charge in [-0.1, -0.05) is 32.9 Å². The molecule has 1 heterocycles. The fourth-order valence-electron chi connectivity index (χ4n) is 2.86. The van der Waals surface area contributed by atoms with Crippen molar-refractivity contribution in [1.29, 1.82) is 0 Å². The molecule has 5 nitrogen and oxygen atoms in total. The summed E-state index contributed by atoms with van der Waals surface area (Å²) in [4.78, 5) is 26.0. The predicted octanol–water partition coefficient (Wildman–Crippen LogP) is 3.51. The Morgan fingerprint density at radius 2 is 1.67 bits per heavy atom. The quantitative estimate of drug-likeness (QED) is 0.871. The average molecular weight is 331 g/mol. The van der Waals surface area contributed by atoms with Crippen LogP contribution in [0.25, 0.3) is 0 Å². The van der Waals surface area contributed by atoms with Crippen molar-refractivity contribution in [2.24, 2.45) is 0 Å². The standard InChI is InChI=1S/C19H29N3O2/c1-18(2,3)13-7-9-14(10-8-13)20-17(24)21-15-11-16(23)22(12-15)19(4,5)6/h7-10,15H,11-12H2,1-6H3,(H2,20,21,24). The summed E-state index contributed by atoms with van der Waals surface area (Å²) < 4.78 is 0. The van der Waals surface area contributed by atoms with Gasteiger partial charge in [-0.3, -0.25) is 4.79 Å². The van der Waals surface area contributed by atoms with E-state index in [0.717, 1.165) is 5.69 Å². The van der Waals surface area contributed by atoms with Crippen molar-refractivity contribution in [2.45, 2.75) is 65.0 Å². The summed E-state index contributed by atoms with van der Waals surface area (Å²) in [7, 11) is 0. The van der Waals surface area contributed by atoms with Gasteiger partial charge < -0.3 is 15.5 Å². The summed E-state index contributed by atoms with van der Waals surface area (Å²) >= 11 is 0. The number of likely N-dealkylation sites (tertiary alicyclic amines) is 1. The molecule has 132 valence electrons. The van der Waals surface area contributed by atoms with Crippen molar-refractivity contribution < 1.29 is 9.59 Å². The molecule has 0 spiro atoms. The first-order chi connectivity index (χ1) is 11.0. The third-order valence-electron chi connectivity index (χ3n) is 4.28. The Labute approximate surface area is 144 Å². The summed E-state index contributed by atoms with van der Waals surface area (Å²) in [5.74, 6) is 0.0855. The molecule has 0 radical (unpaired) electrons. The Bertz CT molecular complexity index is 609. The van der Waals surface area contributed by atoms with E-state index in [2.05, 4.69) is 31.4 Å². The fraction of sp³-hybridized carbons (Fsp3) is 0.579. The summed E-state index contributed by atoms with van der Waals surface area (Å²) in [5.41, 5.74) is 1.84. The van der Waals surface area contributed by atoms with Crippen LogP contribution in [0.2, 0.25) is 0 Å². The Kier molecular flexibility index (Phi) is 4.92. The molecule has 0 aliphatic carbocycles. The zero-order valence-corrected chi connectivity index (χ0v) is 15.6. The molecular weight excluding hydrogens is 302 g/mol. The molecular formula is C19H29N3O2. The molecule has 1 saturated heterocycles. The number of nitrogens with zero attached hydrogens (tertiary/aromatic N) is 1. The van der Waals surface area contributed by atoms with Gasteiger partial charge in [-0.15, -0.1) is 0 Å². The molecule has 0 saturated carbocycles. The molecule has 1 fully saturated rings. The smallest absolute Gasteiger partial charge is 0.319 e. The highest BCUT2D eigenvalue weighted by atomic mass is 16.2. The molecule has 1 unspecified atom stereocenters. The second-order valence-electron chi connectivity index (χ2n) is 8.50. The highest BCUT2D eigenvalue weighted by molar-refractivity contribution is 5.90. The lowest BCUT2D eigenvalue weighted by molar-refractivity contribution is -0.131. The Hall–Kier alpha value is -2.04. The molecule has 0 aromatic heterocycles. The van der Waals surface area contributed by atoms with Gasteiger partial charge in [0, 0.05) is 24.2 Å². The third-order valence-corrected chi connectivity index (χ3v) is 4.28. The van der Waals surface area contributed by atoms with Crippen LogP contribution in [0, 0.1) is 0 Å². The van der Waals surface area contributed by atoms with Crippen molar-refractivity contribution in [3.8, 4) is 0 Å². The Morgan fingerprint density at radius 3 is 2.12 bits per heavy atom. The van der Waals surface area contributed by atoms with Crippen LogP contribution in [-0.2, 0) is 10.2 Å². The second-order valence-corrected chi connectivity index (χ2v) is 8.50. The Balaban J connectivity index is 1.91. The van der Waals surface area contributed by atoms with Crippen LogP contribution in [-0.4, -0.2) is 35.0 Å². The van der Waals surface area contributed by atoms with Gasteiger partial charge in [-0.2, -0.15) is 0 Å². The van der Waals surface area contributed by atoms with Gasteiger partial charge in [0.05, 0.1) is 6.04 Å². The number of carbonyl (C=O) groups excluding carboxylic acids is 2. The van der Waals surface area contributed by atoms with Crippen LogP contribution in [0.3, 0.4) is 0 Å². The molecule has 5 heteroatoms. The lowest BCUT2D eigenvalue weighted by atomic mass is 9.87. The minimum atomic E-state index is -0.271. The van der Waals surface area contributed by atoms with Gasteiger partial charge in [-0.25, -0.2) is 4.79 Å². The zero-order valence-electron chi connectivity index (χ0n) is 15.6. The minimum absolute atomic E-state index is 0.0847. The van der Waals surface area contributed by atoms with E-state index in [4.69, 9.17) is 0 Å². The number of hydrogen-bond acceptors (Lipinski definition) is 2. The zero-order chi connectivity index (χ0) is 18.1. The van der Waals surface area contributed by atoms with Gasteiger partial charge >= 0.3 is 6.03 Å². The van der Waals surface area contributed by atoms with Crippen LogP contribution >= 0.6 is 0 Å². The number of hydrogen-bond donors (Lipinski definition) is 2. The number of amides is 3. The van der Waals surface area contributed by atoms with E-state index in [1.165, 1.54) is 5.56 Å². The van der Waals surface area contributed by atoms with Gasteiger partial charge in [0.2, 0.25) is 5.91 Å². The molecule has 1 aliphatic rings. The number of urea groups is 1. The van der Waals surface area contributed by atoms with E-state index < -0.39 is 0 Å². The van der Waals surface area contributed by atoms with E-state index in [-0.39, 0.29) is 28.9 Å². The molecule has 0 bridgehead atoms. The normalized spacial score (nSPS) is 18.7. The minimum Gasteiger partial charge on any atom is -0.336 e. The maximum absolute atomic E-state index is 12.2.